The van der Waals surface area contributed by atoms with E-state index in [1.807, 2.05) is 6.92 Å². The predicted molar refractivity (Wildman–Crippen MR) is 116 cm³/mol. The highest BCUT2D eigenvalue weighted by molar-refractivity contribution is 7.80. The van der Waals surface area contributed by atoms with Gasteiger partial charge in [0.15, 0.2) is 10.2 Å². The fraction of sp³-hybridized carbons (Fsp3) is 0.111. The quantitative estimate of drug-likeness (QED) is 0.568. The van der Waals surface area contributed by atoms with Crippen LogP contribution < -0.4 is 21.3 Å². The predicted octanol–water partition coefficient (Wildman–Crippen LogP) is 3.61. The third-order valence-electron chi connectivity index (χ3n) is 3.29. The van der Waals surface area contributed by atoms with Crippen molar-refractivity contribution in [2.45, 2.75) is 13.8 Å². The maximum atomic E-state index is 12.3. The summed E-state index contributed by atoms with van der Waals surface area (Å²) < 4.78 is 0. The van der Waals surface area contributed by atoms with E-state index in [1.54, 1.807) is 42.5 Å². The van der Waals surface area contributed by atoms with Gasteiger partial charge < -0.3 is 16.0 Å². The van der Waals surface area contributed by atoms with E-state index in [0.29, 0.717) is 22.0 Å². The summed E-state index contributed by atoms with van der Waals surface area (Å²) in [6.45, 7) is 3.27. The number of thiocarbonyl (C=S) groups is 2. The van der Waals surface area contributed by atoms with Gasteiger partial charge in [-0.25, -0.2) is 0 Å². The molecule has 9 heteroatoms. The van der Waals surface area contributed by atoms with Crippen molar-refractivity contribution in [3.05, 3.63) is 58.6 Å². The number of carbonyl (C=O) groups excluding carboxylic acids is 2. The number of rotatable bonds is 3. The van der Waals surface area contributed by atoms with E-state index in [-0.39, 0.29) is 16.1 Å². The van der Waals surface area contributed by atoms with Crippen LogP contribution in [-0.2, 0) is 4.79 Å². The molecule has 0 heterocycles. The summed E-state index contributed by atoms with van der Waals surface area (Å²) in [4.78, 5) is 23.2. The maximum absolute atomic E-state index is 12.3. The van der Waals surface area contributed by atoms with Crippen molar-refractivity contribution in [3.8, 4) is 0 Å². The van der Waals surface area contributed by atoms with Gasteiger partial charge in [0.05, 0.1) is 10.6 Å². The number of benzene rings is 2. The summed E-state index contributed by atoms with van der Waals surface area (Å²) in [5.74, 6) is -0.642. The zero-order valence-corrected chi connectivity index (χ0v) is 16.9. The van der Waals surface area contributed by atoms with Crippen LogP contribution in [0.5, 0.6) is 0 Å². The van der Waals surface area contributed by atoms with Crippen LogP contribution in [0.25, 0.3) is 0 Å². The summed E-state index contributed by atoms with van der Waals surface area (Å²) in [7, 11) is 0. The van der Waals surface area contributed by atoms with Gasteiger partial charge in [-0.2, -0.15) is 0 Å². The fourth-order valence-electron chi connectivity index (χ4n) is 2.10. The van der Waals surface area contributed by atoms with Gasteiger partial charge in [-0.1, -0.05) is 17.7 Å². The maximum Gasteiger partial charge on any atom is 0.258 e. The molecule has 140 valence electrons. The highest BCUT2D eigenvalue weighted by Gasteiger charge is 2.12. The van der Waals surface area contributed by atoms with Crippen LogP contribution in [0.4, 0.5) is 11.4 Å². The van der Waals surface area contributed by atoms with Gasteiger partial charge in [-0.15, -0.1) is 0 Å². The van der Waals surface area contributed by atoms with Crippen molar-refractivity contribution in [2.75, 3.05) is 10.6 Å². The molecule has 0 spiro atoms. The lowest BCUT2D eigenvalue weighted by Gasteiger charge is -2.12. The van der Waals surface area contributed by atoms with Crippen LogP contribution in [-0.4, -0.2) is 22.0 Å². The molecule has 0 aliphatic rings. The molecule has 2 aromatic rings. The van der Waals surface area contributed by atoms with Crippen molar-refractivity contribution < 1.29 is 9.59 Å². The van der Waals surface area contributed by atoms with Gasteiger partial charge >= 0.3 is 0 Å². The Morgan fingerprint density at radius 3 is 1.89 bits per heavy atom. The first-order valence-corrected chi connectivity index (χ1v) is 9.01. The van der Waals surface area contributed by atoms with E-state index in [1.165, 1.54) is 6.92 Å². The lowest BCUT2D eigenvalue weighted by Crippen LogP contribution is -2.34. The Morgan fingerprint density at radius 2 is 1.41 bits per heavy atom. The summed E-state index contributed by atoms with van der Waals surface area (Å²) in [5, 5.41) is 11.6. The standard InChI is InChI=1S/C18H17ClN4O2S2/c1-10-3-8-14(15(19)9-10)16(25)23-18(27)22-13-6-4-12(5-7-13)21-17(26)20-11(2)24/h3-9H,1-2H3,(H2,20,21,24,26)(H2,22,23,25,27). The van der Waals surface area contributed by atoms with E-state index in [9.17, 15) is 9.59 Å². The van der Waals surface area contributed by atoms with Gasteiger partial charge in [-0.05, 0) is 73.3 Å². The number of amides is 2. The number of halogens is 1. The van der Waals surface area contributed by atoms with Gasteiger partial charge in [0, 0.05) is 18.3 Å². The molecular formula is C18H17ClN4O2S2. The molecule has 4 N–H and O–H groups in total. The van der Waals surface area contributed by atoms with Crippen molar-refractivity contribution in [1.29, 1.82) is 0 Å². The van der Waals surface area contributed by atoms with Gasteiger partial charge in [0.2, 0.25) is 5.91 Å². The Kier molecular flexibility index (Phi) is 7.23. The molecule has 0 radical (unpaired) electrons. The third-order valence-corrected chi connectivity index (χ3v) is 4.01. The molecule has 0 aliphatic carbocycles. The second kappa shape index (κ2) is 9.40. The molecular weight excluding hydrogens is 404 g/mol. The first-order chi connectivity index (χ1) is 12.7. The summed E-state index contributed by atoms with van der Waals surface area (Å²) >= 11 is 16.2. The van der Waals surface area contributed by atoms with E-state index in [0.717, 1.165) is 5.56 Å². The molecule has 0 aromatic heterocycles. The summed E-state index contributed by atoms with van der Waals surface area (Å²) in [5.41, 5.74) is 2.67. The second-order valence-corrected chi connectivity index (χ2v) is 6.83. The van der Waals surface area contributed by atoms with Crippen LogP contribution in [0.1, 0.15) is 22.8 Å². The number of nitrogens with one attached hydrogen (secondary N) is 4. The topological polar surface area (TPSA) is 82.3 Å². The first-order valence-electron chi connectivity index (χ1n) is 7.81. The molecule has 0 saturated heterocycles. The number of aryl methyl sites for hydroxylation is 1. The minimum absolute atomic E-state index is 0.145. The van der Waals surface area contributed by atoms with Gasteiger partial charge in [-0.3, -0.25) is 14.9 Å². The van der Waals surface area contributed by atoms with Crippen LogP contribution >= 0.6 is 36.0 Å². The Hall–Kier alpha value is -2.55. The molecule has 6 nitrogen and oxygen atoms in total. The molecule has 27 heavy (non-hydrogen) atoms. The average molecular weight is 421 g/mol. The minimum Gasteiger partial charge on any atom is -0.332 e. The van der Waals surface area contributed by atoms with Crippen molar-refractivity contribution in [3.63, 3.8) is 0 Å². The van der Waals surface area contributed by atoms with Gasteiger partial charge in [0.1, 0.15) is 0 Å². The minimum atomic E-state index is -0.392. The lowest BCUT2D eigenvalue weighted by molar-refractivity contribution is -0.117. The Labute approximate surface area is 172 Å². The molecule has 0 saturated carbocycles. The second-order valence-electron chi connectivity index (χ2n) is 5.60. The zero-order chi connectivity index (χ0) is 20.0. The highest BCUT2D eigenvalue weighted by atomic mass is 35.5. The molecule has 0 aliphatic heterocycles. The number of hydrogen-bond acceptors (Lipinski definition) is 4. The van der Waals surface area contributed by atoms with Crippen molar-refractivity contribution in [2.24, 2.45) is 0 Å². The molecule has 0 unspecified atom stereocenters. The van der Waals surface area contributed by atoms with Crippen LogP contribution in [0.3, 0.4) is 0 Å². The molecule has 2 aromatic carbocycles. The Balaban J connectivity index is 1.92. The van der Waals surface area contributed by atoms with Gasteiger partial charge in [0.25, 0.3) is 5.91 Å². The summed E-state index contributed by atoms with van der Waals surface area (Å²) in [6, 6.07) is 12.1. The van der Waals surface area contributed by atoms with E-state index >= 15 is 0 Å². The highest BCUT2D eigenvalue weighted by Crippen LogP contribution is 2.18. The van der Waals surface area contributed by atoms with E-state index < -0.39 is 5.91 Å². The largest absolute Gasteiger partial charge is 0.332 e. The first kappa shape index (κ1) is 20.8. The SMILES string of the molecule is CC(=O)NC(=S)Nc1ccc(NC(=S)NC(=O)c2ccc(C)cc2Cl)cc1. The van der Waals surface area contributed by atoms with Crippen molar-refractivity contribution in [1.82, 2.24) is 10.6 Å². The molecule has 2 rings (SSSR count). The normalized spacial score (nSPS) is 9.89. The van der Waals surface area contributed by atoms with Crippen LogP contribution in [0, 0.1) is 6.92 Å². The smallest absolute Gasteiger partial charge is 0.258 e. The molecule has 0 fully saturated rings. The lowest BCUT2D eigenvalue weighted by atomic mass is 10.1. The Bertz CT molecular complexity index is 901. The molecule has 0 bridgehead atoms. The van der Waals surface area contributed by atoms with Crippen LogP contribution in [0.15, 0.2) is 42.5 Å². The average Bonchev–Trinajstić information content (AvgIpc) is 2.55. The monoisotopic (exact) mass is 420 g/mol. The zero-order valence-electron chi connectivity index (χ0n) is 14.6. The number of hydrogen-bond donors (Lipinski definition) is 4. The molecule has 0 atom stereocenters. The van der Waals surface area contributed by atoms with E-state index in [4.69, 9.17) is 36.0 Å². The third kappa shape index (κ3) is 6.59. The fourth-order valence-corrected chi connectivity index (χ4v) is 2.89. The van der Waals surface area contributed by atoms with Crippen molar-refractivity contribution >= 4 is 69.5 Å². The molecule has 2 amide bonds. The van der Waals surface area contributed by atoms with E-state index in [2.05, 4.69) is 21.3 Å². The summed E-state index contributed by atoms with van der Waals surface area (Å²) in [6.07, 6.45) is 0. The number of anilines is 2. The van der Waals surface area contributed by atoms with Crippen LogP contribution in [0.2, 0.25) is 5.02 Å². The number of carbonyl (C=O) groups is 2. The Morgan fingerprint density at radius 1 is 0.889 bits per heavy atom.